The fraction of sp³-hybridized carbons (Fsp3) is 0.182. The zero-order valence-corrected chi connectivity index (χ0v) is 16.2. The topological polar surface area (TPSA) is 101 Å². The summed E-state index contributed by atoms with van der Waals surface area (Å²) in [5.41, 5.74) is 1.37. The van der Waals surface area contributed by atoms with Gasteiger partial charge < -0.3 is 15.1 Å². The Hall–Kier alpha value is -3.74. The molecule has 7 heteroatoms. The average Bonchev–Trinajstić information content (AvgIpc) is 2.68. The van der Waals surface area contributed by atoms with Gasteiger partial charge in [-0.2, -0.15) is 0 Å². The predicted molar refractivity (Wildman–Crippen MR) is 110 cm³/mol. The van der Waals surface area contributed by atoms with E-state index in [0.29, 0.717) is 29.2 Å². The lowest BCUT2D eigenvalue weighted by Crippen LogP contribution is -2.23. The van der Waals surface area contributed by atoms with Gasteiger partial charge in [-0.05, 0) is 42.7 Å². The molecule has 148 valence electrons. The SMILES string of the molecule is CC(=O)Nc1ccc(NC(=O)c2c(C)cc(CCc3ccccc3)oc2=O)cn1. The molecule has 0 spiro atoms. The van der Waals surface area contributed by atoms with Crippen molar-refractivity contribution in [3.8, 4) is 0 Å². The molecule has 0 bridgehead atoms. The van der Waals surface area contributed by atoms with E-state index in [1.54, 1.807) is 25.1 Å². The van der Waals surface area contributed by atoms with Gasteiger partial charge >= 0.3 is 5.63 Å². The molecular weight excluding hydrogens is 370 g/mol. The van der Waals surface area contributed by atoms with Crippen LogP contribution in [0.25, 0.3) is 0 Å². The molecule has 0 saturated carbocycles. The third kappa shape index (κ3) is 5.38. The third-order valence-electron chi connectivity index (χ3n) is 4.26. The van der Waals surface area contributed by atoms with E-state index in [0.717, 1.165) is 12.0 Å². The molecule has 0 fully saturated rings. The summed E-state index contributed by atoms with van der Waals surface area (Å²) in [7, 11) is 0. The van der Waals surface area contributed by atoms with Crippen LogP contribution in [-0.2, 0) is 17.6 Å². The Kier molecular flexibility index (Phi) is 6.19. The Balaban J connectivity index is 1.70. The zero-order chi connectivity index (χ0) is 20.8. The molecule has 3 rings (SSSR count). The van der Waals surface area contributed by atoms with Gasteiger partial charge in [-0.25, -0.2) is 9.78 Å². The van der Waals surface area contributed by atoms with Gasteiger partial charge in [0.25, 0.3) is 5.91 Å². The molecule has 2 heterocycles. The molecule has 0 aliphatic heterocycles. The van der Waals surface area contributed by atoms with Crippen LogP contribution in [0.15, 0.2) is 63.9 Å². The van der Waals surface area contributed by atoms with Crippen LogP contribution in [0.1, 0.15) is 34.2 Å². The highest BCUT2D eigenvalue weighted by atomic mass is 16.4. The number of anilines is 2. The molecule has 29 heavy (non-hydrogen) atoms. The minimum absolute atomic E-state index is 0.0422. The first-order valence-corrected chi connectivity index (χ1v) is 9.15. The second-order valence-electron chi connectivity index (χ2n) is 6.61. The Morgan fingerprint density at radius 3 is 2.41 bits per heavy atom. The third-order valence-corrected chi connectivity index (χ3v) is 4.26. The first-order valence-electron chi connectivity index (χ1n) is 9.15. The number of carbonyl (C=O) groups excluding carboxylic acids is 2. The first kappa shape index (κ1) is 20.0. The summed E-state index contributed by atoms with van der Waals surface area (Å²) in [5.74, 6) is 0.0954. The van der Waals surface area contributed by atoms with Gasteiger partial charge in [0.2, 0.25) is 5.91 Å². The Morgan fingerprint density at radius 2 is 1.79 bits per heavy atom. The van der Waals surface area contributed by atoms with Crippen LogP contribution < -0.4 is 16.3 Å². The summed E-state index contributed by atoms with van der Waals surface area (Å²) in [6.07, 6.45) is 2.70. The number of nitrogens with zero attached hydrogens (tertiary/aromatic N) is 1. The number of aromatic nitrogens is 1. The Bertz CT molecular complexity index is 1070. The van der Waals surface area contributed by atoms with Gasteiger partial charge in [0.1, 0.15) is 17.1 Å². The first-order chi connectivity index (χ1) is 13.9. The van der Waals surface area contributed by atoms with E-state index < -0.39 is 11.5 Å². The monoisotopic (exact) mass is 391 g/mol. The molecule has 3 aromatic rings. The van der Waals surface area contributed by atoms with Crippen LogP contribution in [0.2, 0.25) is 0 Å². The minimum atomic E-state index is -0.673. The van der Waals surface area contributed by atoms with E-state index in [2.05, 4.69) is 15.6 Å². The average molecular weight is 391 g/mol. The fourth-order valence-corrected chi connectivity index (χ4v) is 2.90. The zero-order valence-electron chi connectivity index (χ0n) is 16.2. The van der Waals surface area contributed by atoms with Crippen LogP contribution >= 0.6 is 0 Å². The summed E-state index contributed by atoms with van der Waals surface area (Å²) >= 11 is 0. The summed E-state index contributed by atoms with van der Waals surface area (Å²) in [6, 6.07) is 14.8. The summed E-state index contributed by atoms with van der Waals surface area (Å²) in [6.45, 7) is 3.08. The lowest BCUT2D eigenvalue weighted by molar-refractivity contribution is -0.114. The number of amides is 2. The molecular formula is C22H21N3O4. The van der Waals surface area contributed by atoms with Gasteiger partial charge in [-0.15, -0.1) is 0 Å². The number of hydrogen-bond donors (Lipinski definition) is 2. The van der Waals surface area contributed by atoms with Crippen molar-refractivity contribution in [2.75, 3.05) is 10.6 Å². The maximum absolute atomic E-state index is 12.5. The van der Waals surface area contributed by atoms with Crippen molar-refractivity contribution in [1.29, 1.82) is 0 Å². The smallest absolute Gasteiger partial charge is 0.349 e. The molecule has 0 aliphatic rings. The molecule has 0 atom stereocenters. The number of benzene rings is 1. The van der Waals surface area contributed by atoms with Crippen molar-refractivity contribution in [2.45, 2.75) is 26.7 Å². The van der Waals surface area contributed by atoms with Gasteiger partial charge in [0.05, 0.1) is 11.9 Å². The molecule has 1 aromatic carbocycles. The van der Waals surface area contributed by atoms with E-state index in [-0.39, 0.29) is 11.5 Å². The van der Waals surface area contributed by atoms with Gasteiger partial charge in [-0.1, -0.05) is 30.3 Å². The van der Waals surface area contributed by atoms with Crippen molar-refractivity contribution < 1.29 is 14.0 Å². The quantitative estimate of drug-likeness (QED) is 0.671. The lowest BCUT2D eigenvalue weighted by Gasteiger charge is -2.09. The Morgan fingerprint density at radius 1 is 1.03 bits per heavy atom. The highest BCUT2D eigenvalue weighted by Gasteiger charge is 2.17. The number of pyridine rings is 1. The largest absolute Gasteiger partial charge is 0.427 e. The molecule has 2 N–H and O–H groups in total. The summed E-state index contributed by atoms with van der Waals surface area (Å²) < 4.78 is 5.35. The van der Waals surface area contributed by atoms with Crippen LogP contribution in [0.3, 0.4) is 0 Å². The van der Waals surface area contributed by atoms with E-state index in [9.17, 15) is 14.4 Å². The number of carbonyl (C=O) groups is 2. The molecule has 0 radical (unpaired) electrons. The molecule has 0 saturated heterocycles. The van der Waals surface area contributed by atoms with Crippen molar-refractivity contribution in [1.82, 2.24) is 4.98 Å². The molecule has 2 amide bonds. The van der Waals surface area contributed by atoms with Crippen LogP contribution in [0, 0.1) is 6.92 Å². The minimum Gasteiger partial charge on any atom is -0.427 e. The van der Waals surface area contributed by atoms with Gasteiger partial charge in [0.15, 0.2) is 0 Å². The van der Waals surface area contributed by atoms with Gasteiger partial charge in [-0.3, -0.25) is 9.59 Å². The molecule has 0 aliphatic carbocycles. The Labute approximate surface area is 167 Å². The van der Waals surface area contributed by atoms with E-state index in [1.165, 1.54) is 13.1 Å². The van der Waals surface area contributed by atoms with E-state index >= 15 is 0 Å². The predicted octanol–water partition coefficient (Wildman–Crippen LogP) is 3.34. The van der Waals surface area contributed by atoms with Crippen molar-refractivity contribution in [3.05, 3.63) is 87.6 Å². The van der Waals surface area contributed by atoms with E-state index in [1.807, 2.05) is 30.3 Å². The molecule has 2 aromatic heterocycles. The van der Waals surface area contributed by atoms with E-state index in [4.69, 9.17) is 4.42 Å². The summed E-state index contributed by atoms with van der Waals surface area (Å²) in [5, 5.41) is 5.16. The number of aryl methyl sites for hydroxylation is 3. The molecule has 0 unspecified atom stereocenters. The second-order valence-corrected chi connectivity index (χ2v) is 6.61. The number of rotatable bonds is 6. The highest BCUT2D eigenvalue weighted by Crippen LogP contribution is 2.14. The van der Waals surface area contributed by atoms with Crippen LogP contribution in [0.5, 0.6) is 0 Å². The maximum atomic E-state index is 12.5. The summed E-state index contributed by atoms with van der Waals surface area (Å²) in [4.78, 5) is 40.0. The van der Waals surface area contributed by atoms with Gasteiger partial charge in [0, 0.05) is 13.3 Å². The lowest BCUT2D eigenvalue weighted by atomic mass is 10.1. The van der Waals surface area contributed by atoms with Crippen molar-refractivity contribution >= 4 is 23.3 Å². The number of nitrogens with one attached hydrogen (secondary N) is 2. The number of hydrogen-bond acceptors (Lipinski definition) is 5. The van der Waals surface area contributed by atoms with Crippen molar-refractivity contribution in [2.24, 2.45) is 0 Å². The fourth-order valence-electron chi connectivity index (χ4n) is 2.90. The highest BCUT2D eigenvalue weighted by molar-refractivity contribution is 6.04. The maximum Gasteiger partial charge on any atom is 0.349 e. The molecule has 7 nitrogen and oxygen atoms in total. The normalized spacial score (nSPS) is 10.4. The second kappa shape index (κ2) is 8.97. The standard InChI is InChI=1S/C22H21N3O4/c1-14-12-18(10-8-16-6-4-3-5-7-16)29-22(28)20(14)21(27)25-17-9-11-19(23-13-17)24-15(2)26/h3-7,9,11-13H,8,10H2,1-2H3,(H,25,27)(H,23,24,26). The van der Waals surface area contributed by atoms with Crippen LogP contribution in [-0.4, -0.2) is 16.8 Å². The van der Waals surface area contributed by atoms with Crippen LogP contribution in [0.4, 0.5) is 11.5 Å². The van der Waals surface area contributed by atoms with Crippen molar-refractivity contribution in [3.63, 3.8) is 0 Å².